The second-order valence-corrected chi connectivity index (χ2v) is 10.4. The van der Waals surface area contributed by atoms with Crippen LogP contribution < -0.4 is 10.0 Å². The predicted molar refractivity (Wildman–Crippen MR) is 131 cm³/mol. The molecule has 12 heteroatoms. The highest BCUT2D eigenvalue weighted by Crippen LogP contribution is 2.30. The first kappa shape index (κ1) is 23.9. The van der Waals surface area contributed by atoms with Crippen LogP contribution in [0.4, 0.5) is 10.2 Å². The topological polar surface area (TPSA) is 88.4 Å². The van der Waals surface area contributed by atoms with E-state index in [-0.39, 0.29) is 11.6 Å². The summed E-state index contributed by atoms with van der Waals surface area (Å²) in [6.07, 6.45) is 2.07. The Balaban J connectivity index is 1.46. The Labute approximate surface area is 208 Å². The molecule has 0 saturated carbocycles. The summed E-state index contributed by atoms with van der Waals surface area (Å²) in [5.41, 5.74) is 2.04. The molecule has 2 N–H and O–H groups in total. The van der Waals surface area contributed by atoms with E-state index in [1.165, 1.54) is 6.07 Å². The van der Waals surface area contributed by atoms with Gasteiger partial charge >= 0.3 is 0 Å². The van der Waals surface area contributed by atoms with E-state index in [1.54, 1.807) is 16.8 Å². The number of aromatic nitrogens is 3. The number of halogens is 4. The summed E-state index contributed by atoms with van der Waals surface area (Å²) in [5, 5.41) is 8.26. The summed E-state index contributed by atoms with van der Waals surface area (Å²) in [6.45, 7) is 0.524. The van der Waals surface area contributed by atoms with Crippen LogP contribution in [0.1, 0.15) is 6.42 Å². The van der Waals surface area contributed by atoms with Crippen molar-refractivity contribution in [2.24, 2.45) is 0 Å². The summed E-state index contributed by atoms with van der Waals surface area (Å²) in [5.74, 6) is -0.240. The fourth-order valence-electron chi connectivity index (χ4n) is 3.15. The van der Waals surface area contributed by atoms with Crippen molar-refractivity contribution in [3.63, 3.8) is 0 Å². The molecule has 0 spiro atoms. The highest BCUT2D eigenvalue weighted by Gasteiger charge is 2.19. The smallest absolute Gasteiger partial charge is 0.243 e. The Kier molecular flexibility index (Phi) is 7.20. The zero-order chi connectivity index (χ0) is 23.6. The van der Waals surface area contributed by atoms with Crippen molar-refractivity contribution in [1.82, 2.24) is 19.3 Å². The zero-order valence-electron chi connectivity index (χ0n) is 16.9. The van der Waals surface area contributed by atoms with Gasteiger partial charge in [0.25, 0.3) is 0 Å². The van der Waals surface area contributed by atoms with Crippen molar-refractivity contribution in [1.29, 1.82) is 0 Å². The van der Waals surface area contributed by atoms with Crippen molar-refractivity contribution in [3.8, 4) is 11.3 Å². The van der Waals surface area contributed by atoms with Crippen LogP contribution in [0.25, 0.3) is 16.9 Å². The quantitative estimate of drug-likeness (QED) is 0.277. The normalized spacial score (nSPS) is 11.8. The molecule has 0 aliphatic heterocycles. The molecule has 4 aromatic rings. The molecule has 33 heavy (non-hydrogen) atoms. The molecule has 172 valence electrons. The zero-order valence-corrected chi connectivity index (χ0v) is 20.8. The molecule has 2 aromatic heterocycles. The maximum absolute atomic E-state index is 14.0. The molecule has 0 unspecified atom stereocenters. The van der Waals surface area contributed by atoms with Gasteiger partial charge in [-0.25, -0.2) is 22.5 Å². The molecule has 0 saturated heterocycles. The number of hydrogen-bond donors (Lipinski definition) is 2. The third-order valence-corrected chi connectivity index (χ3v) is 7.33. The van der Waals surface area contributed by atoms with Crippen LogP contribution in [0.3, 0.4) is 0 Å². The lowest BCUT2D eigenvalue weighted by atomic mass is 10.1. The number of rotatable bonds is 8. The van der Waals surface area contributed by atoms with Crippen LogP contribution in [-0.2, 0) is 10.0 Å². The van der Waals surface area contributed by atoms with Crippen LogP contribution in [-0.4, -0.2) is 36.1 Å². The van der Waals surface area contributed by atoms with E-state index in [0.717, 1.165) is 22.2 Å². The number of fused-ring (bicyclic) bond motifs is 1. The Morgan fingerprint density at radius 3 is 2.64 bits per heavy atom. The van der Waals surface area contributed by atoms with Crippen molar-refractivity contribution in [2.75, 3.05) is 18.4 Å². The van der Waals surface area contributed by atoms with E-state index in [9.17, 15) is 12.8 Å². The Morgan fingerprint density at radius 2 is 1.88 bits per heavy atom. The SMILES string of the molecule is O=S(=O)(NCCCNc1cc(-c2ccccc2Cl)nc2c(Br)cnn12)c1ccc(Cl)cc1F. The van der Waals surface area contributed by atoms with Gasteiger partial charge in [-0.3, -0.25) is 0 Å². The molecule has 2 aromatic carbocycles. The van der Waals surface area contributed by atoms with E-state index in [1.807, 2.05) is 24.3 Å². The minimum Gasteiger partial charge on any atom is -0.370 e. The molecule has 0 amide bonds. The van der Waals surface area contributed by atoms with Gasteiger partial charge < -0.3 is 5.32 Å². The fraction of sp³-hybridized carbons (Fsp3) is 0.143. The average Bonchev–Trinajstić information content (AvgIpc) is 3.14. The molecular formula is C21H17BrCl2FN5O2S. The van der Waals surface area contributed by atoms with Crippen LogP contribution in [0.2, 0.25) is 10.0 Å². The molecule has 0 bridgehead atoms. The van der Waals surface area contributed by atoms with Crippen molar-refractivity contribution < 1.29 is 12.8 Å². The van der Waals surface area contributed by atoms with Crippen molar-refractivity contribution in [3.05, 3.63) is 75.1 Å². The number of benzene rings is 2. The summed E-state index contributed by atoms with van der Waals surface area (Å²) in [7, 11) is -3.99. The van der Waals surface area contributed by atoms with E-state index in [2.05, 4.69) is 36.1 Å². The standard InChI is InChI=1S/C21H17BrCl2FN5O2S/c22-15-12-27-30-20(11-18(29-21(15)30)14-4-1-2-5-16(14)24)26-8-3-9-28-33(31,32)19-7-6-13(23)10-17(19)25/h1-2,4-7,10-12,26,28H,3,8-9H2. The summed E-state index contributed by atoms with van der Waals surface area (Å²) >= 11 is 15.5. The molecule has 2 heterocycles. The monoisotopic (exact) mass is 571 g/mol. The minimum atomic E-state index is -3.99. The first-order valence-electron chi connectivity index (χ1n) is 9.74. The number of nitrogens with zero attached hydrogens (tertiary/aromatic N) is 3. The summed E-state index contributed by atoms with van der Waals surface area (Å²) in [4.78, 5) is 4.20. The molecular weight excluding hydrogens is 556 g/mol. The maximum atomic E-state index is 14.0. The molecule has 0 aliphatic carbocycles. The number of nitrogens with one attached hydrogen (secondary N) is 2. The largest absolute Gasteiger partial charge is 0.370 e. The van der Waals surface area contributed by atoms with Crippen LogP contribution in [0.15, 0.2) is 64.1 Å². The highest BCUT2D eigenvalue weighted by molar-refractivity contribution is 9.10. The highest BCUT2D eigenvalue weighted by atomic mass is 79.9. The van der Waals surface area contributed by atoms with Gasteiger partial charge in [-0.05, 0) is 46.6 Å². The number of hydrogen-bond acceptors (Lipinski definition) is 5. The lowest BCUT2D eigenvalue weighted by molar-refractivity contribution is 0.556. The van der Waals surface area contributed by atoms with Crippen LogP contribution in [0, 0.1) is 5.82 Å². The summed E-state index contributed by atoms with van der Waals surface area (Å²) in [6, 6.07) is 12.6. The molecule has 0 aliphatic rings. The summed E-state index contributed by atoms with van der Waals surface area (Å²) < 4.78 is 43.4. The average molecular weight is 573 g/mol. The Morgan fingerprint density at radius 1 is 1.09 bits per heavy atom. The molecule has 7 nitrogen and oxygen atoms in total. The van der Waals surface area contributed by atoms with Crippen LogP contribution in [0.5, 0.6) is 0 Å². The molecule has 0 fully saturated rings. The second kappa shape index (κ2) is 9.94. The van der Waals surface area contributed by atoms with Gasteiger partial charge in [0.15, 0.2) is 5.65 Å². The lowest BCUT2D eigenvalue weighted by Crippen LogP contribution is -2.27. The van der Waals surface area contributed by atoms with Gasteiger partial charge in [0.1, 0.15) is 16.5 Å². The predicted octanol–water partition coefficient (Wildman–Crippen LogP) is 5.39. The fourth-order valence-corrected chi connectivity index (χ4v) is 5.02. The Bertz CT molecular complexity index is 1430. The van der Waals surface area contributed by atoms with Gasteiger partial charge in [-0.2, -0.15) is 9.61 Å². The van der Waals surface area contributed by atoms with Gasteiger partial charge in [-0.15, -0.1) is 0 Å². The Hall–Kier alpha value is -2.24. The number of sulfonamides is 1. The van der Waals surface area contributed by atoms with Crippen molar-refractivity contribution >= 4 is 60.6 Å². The molecule has 0 radical (unpaired) electrons. The molecule has 0 atom stereocenters. The second-order valence-electron chi connectivity index (χ2n) is 6.99. The van der Waals surface area contributed by atoms with E-state index in [4.69, 9.17) is 23.2 Å². The third-order valence-electron chi connectivity index (χ3n) is 4.71. The maximum Gasteiger partial charge on any atom is 0.243 e. The first-order chi connectivity index (χ1) is 15.8. The lowest BCUT2D eigenvalue weighted by Gasteiger charge is -2.12. The van der Waals surface area contributed by atoms with E-state index < -0.39 is 20.7 Å². The number of anilines is 1. The van der Waals surface area contributed by atoms with Crippen LogP contribution >= 0.6 is 39.1 Å². The minimum absolute atomic E-state index is 0.103. The van der Waals surface area contributed by atoms with Gasteiger partial charge in [-0.1, -0.05) is 41.4 Å². The van der Waals surface area contributed by atoms with E-state index >= 15 is 0 Å². The first-order valence-corrected chi connectivity index (χ1v) is 12.8. The van der Waals surface area contributed by atoms with Gasteiger partial charge in [0, 0.05) is 34.8 Å². The van der Waals surface area contributed by atoms with E-state index in [0.29, 0.717) is 35.1 Å². The third kappa shape index (κ3) is 5.30. The molecule has 4 rings (SSSR count). The van der Waals surface area contributed by atoms with Gasteiger partial charge in [0.2, 0.25) is 10.0 Å². The van der Waals surface area contributed by atoms with Gasteiger partial charge in [0.05, 0.1) is 16.4 Å². The van der Waals surface area contributed by atoms with Crippen molar-refractivity contribution in [2.45, 2.75) is 11.3 Å².